The first-order valence-corrected chi connectivity index (χ1v) is 4.87. The molecule has 1 N–H and O–H groups in total. The number of ether oxygens (including phenoxy) is 1. The topological polar surface area (TPSA) is 41.6 Å². The van der Waals surface area contributed by atoms with Crippen LogP contribution in [0.4, 0.5) is 0 Å². The smallest absolute Gasteiger partial charge is 0.323 e. The number of hydrogen-bond acceptors (Lipinski definition) is 4. The van der Waals surface area contributed by atoms with E-state index in [2.05, 4.69) is 10.2 Å². The van der Waals surface area contributed by atoms with E-state index in [1.54, 1.807) is 0 Å². The van der Waals surface area contributed by atoms with Crippen LogP contribution in [0.2, 0.25) is 0 Å². The number of likely N-dealkylation sites (tertiary alicyclic amines) is 1. The highest BCUT2D eigenvalue weighted by atomic mass is 35.5. The third-order valence-electron chi connectivity index (χ3n) is 3.00. The van der Waals surface area contributed by atoms with E-state index in [4.69, 9.17) is 4.74 Å². The highest BCUT2D eigenvalue weighted by molar-refractivity contribution is 5.85. The number of esters is 1. The summed E-state index contributed by atoms with van der Waals surface area (Å²) >= 11 is 0. The van der Waals surface area contributed by atoms with Crippen molar-refractivity contribution in [3.8, 4) is 0 Å². The molecule has 4 nitrogen and oxygen atoms in total. The summed E-state index contributed by atoms with van der Waals surface area (Å²) in [5.74, 6) is -0.0654. The van der Waals surface area contributed by atoms with Gasteiger partial charge in [-0.25, -0.2) is 0 Å². The highest BCUT2D eigenvalue weighted by Gasteiger charge is 2.37. The van der Waals surface area contributed by atoms with E-state index in [-0.39, 0.29) is 24.4 Å². The van der Waals surface area contributed by atoms with E-state index >= 15 is 0 Å². The molecule has 1 atom stereocenters. The summed E-state index contributed by atoms with van der Waals surface area (Å²) in [5.41, 5.74) is 0. The van der Waals surface area contributed by atoms with Gasteiger partial charge in [-0.3, -0.25) is 9.69 Å². The monoisotopic (exact) mass is 220 g/mol. The fourth-order valence-corrected chi connectivity index (χ4v) is 2.12. The fraction of sp³-hybridized carbons (Fsp3) is 0.889. The molecule has 1 unspecified atom stereocenters. The van der Waals surface area contributed by atoms with E-state index in [1.165, 1.54) is 7.11 Å². The molecule has 0 aromatic rings. The van der Waals surface area contributed by atoms with Crippen molar-refractivity contribution in [3.63, 3.8) is 0 Å². The van der Waals surface area contributed by atoms with Crippen LogP contribution in [0.1, 0.15) is 12.8 Å². The van der Waals surface area contributed by atoms with Crippen LogP contribution in [0.15, 0.2) is 0 Å². The van der Waals surface area contributed by atoms with Gasteiger partial charge in [-0.15, -0.1) is 12.4 Å². The van der Waals surface area contributed by atoms with Gasteiger partial charge in [0, 0.05) is 19.1 Å². The fourth-order valence-electron chi connectivity index (χ4n) is 2.12. The van der Waals surface area contributed by atoms with Gasteiger partial charge in [0.2, 0.25) is 0 Å². The Bertz CT molecular complexity index is 209. The van der Waals surface area contributed by atoms with Crippen LogP contribution < -0.4 is 5.32 Å². The molecule has 2 fully saturated rings. The summed E-state index contributed by atoms with van der Waals surface area (Å²) < 4.78 is 4.78. The molecule has 2 saturated heterocycles. The Labute approximate surface area is 90.4 Å². The quantitative estimate of drug-likeness (QED) is 0.667. The van der Waals surface area contributed by atoms with Crippen LogP contribution in [-0.4, -0.2) is 49.7 Å². The summed E-state index contributed by atoms with van der Waals surface area (Å²) in [7, 11) is 1.47. The minimum Gasteiger partial charge on any atom is -0.468 e. The number of nitrogens with zero attached hydrogens (tertiary/aromatic N) is 1. The van der Waals surface area contributed by atoms with Crippen LogP contribution in [-0.2, 0) is 9.53 Å². The zero-order chi connectivity index (χ0) is 9.26. The Hall–Kier alpha value is -0.320. The van der Waals surface area contributed by atoms with Gasteiger partial charge in [-0.1, -0.05) is 0 Å². The minimum atomic E-state index is -0.0654. The molecule has 0 spiro atoms. The van der Waals surface area contributed by atoms with Crippen LogP contribution >= 0.6 is 12.4 Å². The third-order valence-corrected chi connectivity index (χ3v) is 3.00. The lowest BCUT2D eigenvalue weighted by atomic mass is 10.1. The van der Waals surface area contributed by atoms with E-state index in [0.29, 0.717) is 6.04 Å². The molecule has 0 saturated carbocycles. The molecule has 0 radical (unpaired) electrons. The van der Waals surface area contributed by atoms with Gasteiger partial charge in [-0.05, 0) is 19.4 Å². The lowest BCUT2D eigenvalue weighted by Gasteiger charge is -2.38. The maximum atomic E-state index is 11.4. The van der Waals surface area contributed by atoms with Crippen LogP contribution in [0.3, 0.4) is 0 Å². The average Bonchev–Trinajstić information content (AvgIpc) is 2.49. The van der Waals surface area contributed by atoms with Crippen LogP contribution in [0.25, 0.3) is 0 Å². The first-order chi connectivity index (χ1) is 6.33. The second-order valence-corrected chi connectivity index (χ2v) is 3.73. The van der Waals surface area contributed by atoms with Crippen molar-refractivity contribution < 1.29 is 9.53 Å². The molecule has 2 aliphatic rings. The Balaban J connectivity index is 0.000000980. The molecule has 0 aromatic carbocycles. The van der Waals surface area contributed by atoms with Gasteiger partial charge in [0.05, 0.1) is 7.11 Å². The Kier molecular flexibility index (Phi) is 4.16. The molecule has 2 rings (SSSR count). The second-order valence-electron chi connectivity index (χ2n) is 3.73. The third kappa shape index (κ3) is 2.02. The zero-order valence-electron chi connectivity index (χ0n) is 8.36. The Morgan fingerprint density at radius 2 is 2.21 bits per heavy atom. The van der Waals surface area contributed by atoms with Crippen molar-refractivity contribution in [2.45, 2.75) is 24.9 Å². The summed E-state index contributed by atoms with van der Waals surface area (Å²) in [6.45, 7) is 3.09. The van der Waals surface area contributed by atoms with Crippen molar-refractivity contribution in [1.82, 2.24) is 10.2 Å². The zero-order valence-corrected chi connectivity index (χ0v) is 9.18. The standard InChI is InChI=1S/C9H16N2O2.ClH/c1-13-9(12)8-3-2-4-11(8)7-5-10-6-7;/h7-8,10H,2-6H2,1H3;1H. The van der Waals surface area contributed by atoms with E-state index in [9.17, 15) is 4.79 Å². The second kappa shape index (κ2) is 4.96. The number of nitrogens with one attached hydrogen (secondary N) is 1. The normalized spacial score (nSPS) is 27.9. The van der Waals surface area contributed by atoms with Gasteiger partial charge in [-0.2, -0.15) is 0 Å². The van der Waals surface area contributed by atoms with Crippen molar-refractivity contribution in [2.24, 2.45) is 0 Å². The Morgan fingerprint density at radius 1 is 1.50 bits per heavy atom. The number of rotatable bonds is 2. The SMILES string of the molecule is COC(=O)C1CCCN1C1CNC1.Cl. The molecule has 2 aliphatic heterocycles. The van der Waals surface area contributed by atoms with Crippen LogP contribution in [0, 0.1) is 0 Å². The molecule has 0 amide bonds. The minimum absolute atomic E-state index is 0. The predicted molar refractivity (Wildman–Crippen MR) is 55.6 cm³/mol. The maximum absolute atomic E-state index is 11.4. The van der Waals surface area contributed by atoms with Gasteiger partial charge in [0.1, 0.15) is 6.04 Å². The van der Waals surface area contributed by atoms with E-state index in [0.717, 1.165) is 32.5 Å². The van der Waals surface area contributed by atoms with Gasteiger partial charge < -0.3 is 10.1 Å². The summed E-state index contributed by atoms with van der Waals surface area (Å²) in [4.78, 5) is 13.7. The lowest BCUT2D eigenvalue weighted by Crippen LogP contribution is -2.59. The molecule has 5 heteroatoms. The number of carbonyl (C=O) groups is 1. The molecular formula is C9H17ClN2O2. The molecule has 2 heterocycles. The van der Waals surface area contributed by atoms with E-state index < -0.39 is 0 Å². The van der Waals surface area contributed by atoms with Crippen molar-refractivity contribution in [1.29, 1.82) is 0 Å². The number of methoxy groups -OCH3 is 1. The van der Waals surface area contributed by atoms with Gasteiger partial charge in [0.25, 0.3) is 0 Å². The first-order valence-electron chi connectivity index (χ1n) is 4.87. The van der Waals surface area contributed by atoms with Crippen molar-refractivity contribution in [3.05, 3.63) is 0 Å². The molecule has 82 valence electrons. The lowest BCUT2D eigenvalue weighted by molar-refractivity contribution is -0.147. The Morgan fingerprint density at radius 3 is 2.71 bits per heavy atom. The largest absolute Gasteiger partial charge is 0.468 e. The van der Waals surface area contributed by atoms with E-state index in [1.807, 2.05) is 0 Å². The molecule has 0 aliphatic carbocycles. The first kappa shape index (κ1) is 11.8. The molecule has 0 bridgehead atoms. The highest BCUT2D eigenvalue weighted by Crippen LogP contribution is 2.22. The summed E-state index contributed by atoms with van der Waals surface area (Å²) in [6.07, 6.45) is 2.08. The average molecular weight is 221 g/mol. The predicted octanol–water partition coefficient (Wildman–Crippen LogP) is 0.0174. The van der Waals surface area contributed by atoms with Gasteiger partial charge in [0.15, 0.2) is 0 Å². The van der Waals surface area contributed by atoms with Crippen LogP contribution in [0.5, 0.6) is 0 Å². The molecule has 14 heavy (non-hydrogen) atoms. The van der Waals surface area contributed by atoms with Crippen molar-refractivity contribution in [2.75, 3.05) is 26.7 Å². The summed E-state index contributed by atoms with van der Waals surface area (Å²) in [6, 6.07) is 0.587. The number of hydrogen-bond donors (Lipinski definition) is 1. The van der Waals surface area contributed by atoms with Gasteiger partial charge >= 0.3 is 5.97 Å². The van der Waals surface area contributed by atoms with Crippen molar-refractivity contribution >= 4 is 18.4 Å². The summed E-state index contributed by atoms with van der Waals surface area (Å²) in [5, 5.41) is 3.22. The maximum Gasteiger partial charge on any atom is 0.323 e. The number of halogens is 1. The number of carbonyl (C=O) groups excluding carboxylic acids is 1. The molecular weight excluding hydrogens is 204 g/mol. The molecule has 0 aromatic heterocycles.